The number of hydrogen-bond acceptors (Lipinski definition) is 3. The molecule has 0 fully saturated rings. The lowest BCUT2D eigenvalue weighted by Gasteiger charge is -2.40. The molecular formula is C10H3F13O4. The van der Waals surface area contributed by atoms with Crippen molar-refractivity contribution in [2.75, 3.05) is 0 Å². The topological polar surface area (TPSA) is 63.6 Å². The summed E-state index contributed by atoms with van der Waals surface area (Å²) in [5.41, 5.74) is 0. The van der Waals surface area contributed by atoms with Crippen LogP contribution < -0.4 is 0 Å². The van der Waals surface area contributed by atoms with Gasteiger partial charge in [-0.3, -0.25) is 0 Å². The third kappa shape index (κ3) is 4.05. The molecular weight excluding hydrogens is 431 g/mol. The molecule has 0 aromatic heterocycles. The van der Waals surface area contributed by atoms with Crippen LogP contribution >= 0.6 is 0 Å². The van der Waals surface area contributed by atoms with Crippen molar-refractivity contribution in [3.8, 4) is 0 Å². The van der Waals surface area contributed by atoms with E-state index in [4.69, 9.17) is 5.11 Å². The molecule has 0 amide bonds. The molecule has 0 bridgehead atoms. The zero-order valence-corrected chi connectivity index (χ0v) is 11.7. The number of ether oxygens (including phenoxy) is 1. The Hall–Kier alpha value is -2.23. The van der Waals surface area contributed by atoms with Crippen LogP contribution in [0.4, 0.5) is 57.1 Å². The van der Waals surface area contributed by atoms with E-state index in [1.165, 1.54) is 0 Å². The summed E-state index contributed by atoms with van der Waals surface area (Å²) in [5, 5.41) is 8.00. The smallest absolute Gasteiger partial charge is 0.467 e. The first kappa shape index (κ1) is 24.8. The molecule has 17 heteroatoms. The van der Waals surface area contributed by atoms with Gasteiger partial charge in [0.25, 0.3) is 0 Å². The third-order valence-electron chi connectivity index (χ3n) is 2.52. The summed E-state index contributed by atoms with van der Waals surface area (Å²) < 4.78 is 167. The number of esters is 1. The van der Waals surface area contributed by atoms with Crippen molar-refractivity contribution < 1.29 is 76.5 Å². The van der Waals surface area contributed by atoms with Gasteiger partial charge in [0.2, 0.25) is 0 Å². The van der Waals surface area contributed by atoms with E-state index in [1.807, 2.05) is 0 Å². The fourth-order valence-electron chi connectivity index (χ4n) is 1.19. The van der Waals surface area contributed by atoms with Gasteiger partial charge in [0.1, 0.15) is 0 Å². The van der Waals surface area contributed by atoms with E-state index in [-0.39, 0.29) is 0 Å². The van der Waals surface area contributed by atoms with Gasteiger partial charge in [-0.15, -0.1) is 0 Å². The molecule has 158 valence electrons. The number of carboxylic acids is 1. The zero-order valence-electron chi connectivity index (χ0n) is 11.7. The molecule has 0 saturated heterocycles. The Morgan fingerprint density at radius 1 is 0.630 bits per heavy atom. The first-order valence-electron chi connectivity index (χ1n) is 5.66. The number of hydrogen-bond donors (Lipinski definition) is 1. The Bertz CT molecular complexity index is 618. The molecule has 0 heterocycles. The zero-order chi connectivity index (χ0) is 22.3. The van der Waals surface area contributed by atoms with Crippen LogP contribution in [-0.4, -0.2) is 53.0 Å². The van der Waals surface area contributed by atoms with Gasteiger partial charge in [-0.05, 0) is 0 Å². The van der Waals surface area contributed by atoms with Gasteiger partial charge < -0.3 is 9.84 Å². The number of aliphatic carboxylic acids is 1. The van der Waals surface area contributed by atoms with Gasteiger partial charge in [-0.25, -0.2) is 9.59 Å². The largest absolute Gasteiger partial charge is 0.478 e. The predicted molar refractivity (Wildman–Crippen MR) is 53.7 cm³/mol. The normalized spacial score (nSPS) is 16.9. The average molecular weight is 434 g/mol. The van der Waals surface area contributed by atoms with Gasteiger partial charge in [0.15, 0.2) is 0 Å². The van der Waals surface area contributed by atoms with Crippen molar-refractivity contribution >= 4 is 11.9 Å². The van der Waals surface area contributed by atoms with E-state index in [0.29, 0.717) is 0 Å². The molecule has 0 rings (SSSR count). The van der Waals surface area contributed by atoms with Gasteiger partial charge >= 0.3 is 47.9 Å². The number of carboxylic acid groups (broad SMARTS) is 1. The first-order valence-corrected chi connectivity index (χ1v) is 5.66. The highest BCUT2D eigenvalue weighted by molar-refractivity contribution is 5.90. The summed E-state index contributed by atoms with van der Waals surface area (Å²) in [7, 11) is 0. The standard InChI is InChI=1S/C10H3F13O4/c11-5(12,7(15,16)9(18,19)20)6(13,14)8(17,10(21,22)23)27-4(26)2-1-3(24)25/h1-2H,(H,24,25)/b2-1+. The quantitative estimate of drug-likeness (QED) is 0.392. The molecule has 1 N–H and O–H groups in total. The molecule has 1 atom stereocenters. The first-order chi connectivity index (χ1) is 11.6. The summed E-state index contributed by atoms with van der Waals surface area (Å²) in [5.74, 6) is -36.7. The van der Waals surface area contributed by atoms with Crippen molar-refractivity contribution in [2.24, 2.45) is 0 Å². The van der Waals surface area contributed by atoms with Crippen LogP contribution in [0.15, 0.2) is 12.2 Å². The Morgan fingerprint density at radius 2 is 1.04 bits per heavy atom. The summed E-state index contributed by atoms with van der Waals surface area (Å²) in [6, 6.07) is 0. The molecule has 27 heavy (non-hydrogen) atoms. The molecule has 0 spiro atoms. The minimum Gasteiger partial charge on any atom is -0.478 e. The Labute approximate surface area is 138 Å². The number of carbonyl (C=O) groups excluding carboxylic acids is 1. The molecule has 0 aliphatic carbocycles. The second-order valence-electron chi connectivity index (χ2n) is 4.41. The Balaban J connectivity index is 6.44. The van der Waals surface area contributed by atoms with Crippen LogP contribution in [0.3, 0.4) is 0 Å². The molecule has 0 aromatic carbocycles. The minimum atomic E-state index is -8.11. The third-order valence-corrected chi connectivity index (χ3v) is 2.52. The summed E-state index contributed by atoms with van der Waals surface area (Å²) in [6.45, 7) is 0. The summed E-state index contributed by atoms with van der Waals surface area (Å²) in [6.07, 6.45) is -16.2. The van der Waals surface area contributed by atoms with Crippen LogP contribution in [-0.2, 0) is 14.3 Å². The fourth-order valence-corrected chi connectivity index (χ4v) is 1.19. The van der Waals surface area contributed by atoms with E-state index in [2.05, 4.69) is 4.74 Å². The van der Waals surface area contributed by atoms with Crippen LogP contribution in [0.25, 0.3) is 0 Å². The SMILES string of the molecule is O=C(O)/C=C/C(=O)OC(F)(C(F)(F)F)C(F)(F)C(F)(F)C(F)(F)C(F)(F)F. The van der Waals surface area contributed by atoms with E-state index in [9.17, 15) is 66.7 Å². The lowest BCUT2D eigenvalue weighted by atomic mass is 9.96. The number of carbonyl (C=O) groups is 2. The van der Waals surface area contributed by atoms with Crippen molar-refractivity contribution in [3.05, 3.63) is 12.2 Å². The molecule has 0 aliphatic rings. The van der Waals surface area contributed by atoms with E-state index in [1.54, 1.807) is 0 Å². The Morgan fingerprint density at radius 3 is 1.33 bits per heavy atom. The average Bonchev–Trinajstić information content (AvgIpc) is 2.41. The van der Waals surface area contributed by atoms with Crippen molar-refractivity contribution in [1.29, 1.82) is 0 Å². The summed E-state index contributed by atoms with van der Waals surface area (Å²) >= 11 is 0. The molecule has 0 radical (unpaired) electrons. The van der Waals surface area contributed by atoms with Gasteiger partial charge in [-0.2, -0.15) is 57.1 Å². The van der Waals surface area contributed by atoms with Gasteiger partial charge in [0, 0.05) is 12.2 Å². The van der Waals surface area contributed by atoms with Crippen LogP contribution in [0.2, 0.25) is 0 Å². The second kappa shape index (κ2) is 6.74. The summed E-state index contributed by atoms with van der Waals surface area (Å²) in [4.78, 5) is 20.7. The lowest BCUT2D eigenvalue weighted by Crippen LogP contribution is -2.71. The highest BCUT2D eigenvalue weighted by atomic mass is 19.4. The maximum absolute atomic E-state index is 13.6. The minimum absolute atomic E-state index is 0.472. The van der Waals surface area contributed by atoms with Crippen LogP contribution in [0, 0.1) is 0 Å². The lowest BCUT2D eigenvalue weighted by molar-refractivity contribution is -0.464. The van der Waals surface area contributed by atoms with E-state index >= 15 is 0 Å². The van der Waals surface area contributed by atoms with Gasteiger partial charge in [0.05, 0.1) is 0 Å². The molecule has 1 unspecified atom stereocenters. The molecule has 0 saturated carbocycles. The monoisotopic (exact) mass is 434 g/mol. The highest BCUT2D eigenvalue weighted by Crippen LogP contribution is 2.60. The predicted octanol–water partition coefficient (Wildman–Crippen LogP) is 3.87. The second-order valence-corrected chi connectivity index (χ2v) is 4.41. The van der Waals surface area contributed by atoms with Crippen molar-refractivity contribution in [3.63, 3.8) is 0 Å². The van der Waals surface area contributed by atoms with Crippen LogP contribution in [0.5, 0.6) is 0 Å². The van der Waals surface area contributed by atoms with Crippen molar-refractivity contribution in [2.45, 2.75) is 36.0 Å². The number of rotatable bonds is 6. The van der Waals surface area contributed by atoms with Crippen molar-refractivity contribution in [1.82, 2.24) is 0 Å². The Kier molecular flexibility index (Phi) is 6.18. The maximum Gasteiger partial charge on any atom is 0.467 e. The fraction of sp³-hybridized carbons (Fsp3) is 0.600. The maximum atomic E-state index is 13.6. The van der Waals surface area contributed by atoms with E-state index < -0.39 is 60.1 Å². The van der Waals surface area contributed by atoms with E-state index in [0.717, 1.165) is 0 Å². The number of halogens is 13. The molecule has 0 aliphatic heterocycles. The molecule has 4 nitrogen and oxygen atoms in total. The highest BCUT2D eigenvalue weighted by Gasteiger charge is 2.92. The van der Waals surface area contributed by atoms with Gasteiger partial charge in [-0.1, -0.05) is 0 Å². The number of alkyl halides is 13. The van der Waals surface area contributed by atoms with Crippen LogP contribution in [0.1, 0.15) is 0 Å². The molecule has 0 aromatic rings.